The van der Waals surface area contributed by atoms with Crippen molar-refractivity contribution in [3.8, 4) is 5.75 Å². The molecule has 80 valence electrons. The molecule has 1 N–H and O–H groups in total. The molecule has 0 bridgehead atoms. The number of carboxylic acids is 1. The van der Waals surface area contributed by atoms with Crippen LogP contribution in [0.1, 0.15) is 5.56 Å². The van der Waals surface area contributed by atoms with E-state index in [0.29, 0.717) is 5.56 Å². The molecule has 0 aliphatic carbocycles. The Morgan fingerprint density at radius 3 is 2.80 bits per heavy atom. The molecule has 6 nitrogen and oxygen atoms in total. The number of carbonyl (C=O) groups is 1. The van der Waals surface area contributed by atoms with Crippen molar-refractivity contribution in [3.05, 3.63) is 33.9 Å². The van der Waals surface area contributed by atoms with Crippen LogP contribution in [0, 0.1) is 17.0 Å². The predicted octanol–water partition coefficient (Wildman–Crippen LogP) is 1.37. The summed E-state index contributed by atoms with van der Waals surface area (Å²) in [7, 11) is 0. The molecular formula is C9H9NO5. The maximum Gasteiger partial charge on any atom is 0.341 e. The summed E-state index contributed by atoms with van der Waals surface area (Å²) in [5, 5.41) is 19.0. The SMILES string of the molecule is Cc1cccc([N+](=O)[O-])c1OCC(=O)O. The quantitative estimate of drug-likeness (QED) is 0.600. The molecule has 15 heavy (non-hydrogen) atoms. The van der Waals surface area contributed by atoms with E-state index < -0.39 is 17.5 Å². The number of nitro groups is 1. The minimum absolute atomic E-state index is 0.00454. The molecule has 0 fully saturated rings. The van der Waals surface area contributed by atoms with Gasteiger partial charge in [0, 0.05) is 6.07 Å². The van der Waals surface area contributed by atoms with Crippen molar-refractivity contribution in [2.24, 2.45) is 0 Å². The van der Waals surface area contributed by atoms with Crippen LogP contribution in [0.3, 0.4) is 0 Å². The van der Waals surface area contributed by atoms with Crippen molar-refractivity contribution in [3.63, 3.8) is 0 Å². The number of aliphatic carboxylic acids is 1. The molecule has 0 saturated heterocycles. The van der Waals surface area contributed by atoms with Gasteiger partial charge in [-0.3, -0.25) is 10.1 Å². The maximum atomic E-state index is 10.6. The summed E-state index contributed by atoms with van der Waals surface area (Å²) in [6, 6.07) is 4.40. The third kappa shape index (κ3) is 2.67. The van der Waals surface area contributed by atoms with Crippen molar-refractivity contribution >= 4 is 11.7 Å². The molecule has 0 saturated carbocycles. The second kappa shape index (κ2) is 4.41. The van der Waals surface area contributed by atoms with Crippen molar-refractivity contribution in [1.82, 2.24) is 0 Å². The van der Waals surface area contributed by atoms with Crippen molar-refractivity contribution < 1.29 is 19.6 Å². The fourth-order valence-corrected chi connectivity index (χ4v) is 1.10. The molecule has 0 heterocycles. The second-order valence-corrected chi connectivity index (χ2v) is 2.86. The Balaban J connectivity index is 3.02. The lowest BCUT2D eigenvalue weighted by atomic mass is 10.2. The van der Waals surface area contributed by atoms with Gasteiger partial charge in [0.15, 0.2) is 6.61 Å². The smallest absolute Gasteiger partial charge is 0.341 e. The highest BCUT2D eigenvalue weighted by molar-refractivity contribution is 5.69. The first-order chi connectivity index (χ1) is 7.02. The fourth-order valence-electron chi connectivity index (χ4n) is 1.10. The summed E-state index contributed by atoms with van der Waals surface area (Å²) in [6.07, 6.45) is 0. The van der Waals surface area contributed by atoms with Crippen molar-refractivity contribution in [2.75, 3.05) is 6.61 Å². The van der Waals surface area contributed by atoms with Crippen LogP contribution in [-0.4, -0.2) is 22.6 Å². The number of benzene rings is 1. The molecule has 0 amide bonds. The van der Waals surface area contributed by atoms with Gasteiger partial charge in [-0.05, 0) is 12.5 Å². The third-order valence-corrected chi connectivity index (χ3v) is 1.73. The van der Waals surface area contributed by atoms with E-state index in [4.69, 9.17) is 9.84 Å². The fraction of sp³-hybridized carbons (Fsp3) is 0.222. The first-order valence-corrected chi connectivity index (χ1v) is 4.11. The molecule has 0 unspecified atom stereocenters. The summed E-state index contributed by atoms with van der Waals surface area (Å²) in [5.41, 5.74) is 0.307. The molecule has 1 rings (SSSR count). The van der Waals surface area contributed by atoms with Gasteiger partial charge < -0.3 is 9.84 Å². The predicted molar refractivity (Wildman–Crippen MR) is 51.0 cm³/mol. The van der Waals surface area contributed by atoms with Crippen LogP contribution in [0.15, 0.2) is 18.2 Å². The van der Waals surface area contributed by atoms with Gasteiger partial charge in [-0.15, -0.1) is 0 Å². The molecule has 0 aliphatic rings. The highest BCUT2D eigenvalue weighted by Gasteiger charge is 2.17. The largest absolute Gasteiger partial charge is 0.479 e. The van der Waals surface area contributed by atoms with Crippen LogP contribution >= 0.6 is 0 Å². The van der Waals surface area contributed by atoms with E-state index in [0.717, 1.165) is 0 Å². The van der Waals surface area contributed by atoms with Gasteiger partial charge in [-0.25, -0.2) is 4.79 Å². The van der Waals surface area contributed by atoms with Crippen LogP contribution in [0.25, 0.3) is 0 Å². The number of aryl methyl sites for hydroxylation is 1. The summed E-state index contributed by atoms with van der Waals surface area (Å²) < 4.78 is 4.85. The van der Waals surface area contributed by atoms with Gasteiger partial charge in [-0.1, -0.05) is 12.1 Å². The van der Waals surface area contributed by atoms with E-state index in [1.165, 1.54) is 12.1 Å². The Labute approximate surface area is 85.2 Å². The number of nitrogens with zero attached hydrogens (tertiary/aromatic N) is 1. The highest BCUT2D eigenvalue weighted by Crippen LogP contribution is 2.29. The average molecular weight is 211 g/mol. The lowest BCUT2D eigenvalue weighted by Crippen LogP contribution is -2.11. The Morgan fingerprint density at radius 2 is 2.27 bits per heavy atom. The monoisotopic (exact) mass is 211 g/mol. The Bertz CT molecular complexity index is 401. The number of hydrogen-bond donors (Lipinski definition) is 1. The van der Waals surface area contributed by atoms with E-state index in [1.807, 2.05) is 0 Å². The number of rotatable bonds is 4. The zero-order valence-corrected chi connectivity index (χ0v) is 7.97. The minimum Gasteiger partial charge on any atom is -0.479 e. The van der Waals surface area contributed by atoms with Gasteiger partial charge in [0.1, 0.15) is 0 Å². The zero-order chi connectivity index (χ0) is 11.4. The van der Waals surface area contributed by atoms with Gasteiger partial charge in [0.2, 0.25) is 5.75 Å². The van der Waals surface area contributed by atoms with Gasteiger partial charge in [-0.2, -0.15) is 0 Å². The lowest BCUT2D eigenvalue weighted by molar-refractivity contribution is -0.385. The molecule has 6 heteroatoms. The number of ether oxygens (including phenoxy) is 1. The number of nitro benzene ring substituents is 1. The first-order valence-electron chi connectivity index (χ1n) is 4.11. The molecule has 0 radical (unpaired) electrons. The number of hydrogen-bond acceptors (Lipinski definition) is 4. The summed E-state index contributed by atoms with van der Waals surface area (Å²) in [6.45, 7) is 1.02. The summed E-state index contributed by atoms with van der Waals surface area (Å²) in [5.74, 6) is -1.17. The summed E-state index contributed by atoms with van der Waals surface area (Å²) >= 11 is 0. The molecule has 0 atom stereocenters. The lowest BCUT2D eigenvalue weighted by Gasteiger charge is -2.06. The number of carboxylic acid groups (broad SMARTS) is 1. The van der Waals surface area contributed by atoms with Crippen LogP contribution < -0.4 is 4.74 Å². The Hall–Kier alpha value is -2.11. The molecule has 1 aromatic rings. The Morgan fingerprint density at radius 1 is 1.60 bits per heavy atom. The summed E-state index contributed by atoms with van der Waals surface area (Å²) in [4.78, 5) is 20.3. The van der Waals surface area contributed by atoms with Gasteiger partial charge in [0.25, 0.3) is 0 Å². The highest BCUT2D eigenvalue weighted by atomic mass is 16.6. The van der Waals surface area contributed by atoms with Crippen LogP contribution in [0.4, 0.5) is 5.69 Å². The third-order valence-electron chi connectivity index (χ3n) is 1.73. The van der Waals surface area contributed by atoms with Gasteiger partial charge in [0.05, 0.1) is 4.92 Å². The number of para-hydroxylation sites is 1. The maximum absolute atomic E-state index is 10.6. The van der Waals surface area contributed by atoms with Crippen molar-refractivity contribution in [2.45, 2.75) is 6.92 Å². The first kappa shape index (κ1) is 11.0. The second-order valence-electron chi connectivity index (χ2n) is 2.86. The minimum atomic E-state index is -1.17. The standard InChI is InChI=1S/C9H9NO5/c1-6-3-2-4-7(10(13)14)9(6)15-5-8(11)12/h2-4H,5H2,1H3,(H,11,12). The van der Waals surface area contributed by atoms with Crippen LogP contribution in [0.2, 0.25) is 0 Å². The molecular weight excluding hydrogens is 202 g/mol. The molecule has 0 aromatic heterocycles. The van der Waals surface area contributed by atoms with E-state index in [-0.39, 0.29) is 11.4 Å². The van der Waals surface area contributed by atoms with Crippen molar-refractivity contribution in [1.29, 1.82) is 0 Å². The topological polar surface area (TPSA) is 89.7 Å². The zero-order valence-electron chi connectivity index (χ0n) is 7.97. The average Bonchev–Trinajstić information content (AvgIpc) is 2.15. The Kier molecular flexibility index (Phi) is 3.22. The molecule has 1 aromatic carbocycles. The van der Waals surface area contributed by atoms with Crippen LogP contribution in [0.5, 0.6) is 5.75 Å². The van der Waals surface area contributed by atoms with E-state index in [2.05, 4.69) is 0 Å². The van der Waals surface area contributed by atoms with Crippen LogP contribution in [-0.2, 0) is 4.79 Å². The van der Waals surface area contributed by atoms with E-state index in [9.17, 15) is 14.9 Å². The van der Waals surface area contributed by atoms with Gasteiger partial charge >= 0.3 is 11.7 Å². The van der Waals surface area contributed by atoms with E-state index in [1.54, 1.807) is 13.0 Å². The normalized spacial score (nSPS) is 9.67. The van der Waals surface area contributed by atoms with E-state index >= 15 is 0 Å². The molecule has 0 aliphatic heterocycles. The molecule has 0 spiro atoms.